The van der Waals surface area contributed by atoms with Crippen LogP contribution in [0.15, 0.2) is 6.20 Å². The molecular weight excluding hydrogens is 276 g/mol. The quantitative estimate of drug-likeness (QED) is 0.667. The van der Waals surface area contributed by atoms with E-state index in [2.05, 4.69) is 32.9 Å². The van der Waals surface area contributed by atoms with Gasteiger partial charge in [-0.25, -0.2) is 14.3 Å². The smallest absolute Gasteiger partial charge is 0.358 e. The van der Waals surface area contributed by atoms with Crippen molar-refractivity contribution >= 4 is 12.0 Å². The molecule has 2 heterocycles. The fourth-order valence-electron chi connectivity index (χ4n) is 2.18. The van der Waals surface area contributed by atoms with Crippen LogP contribution in [0.25, 0.3) is 0 Å². The molecule has 21 heavy (non-hydrogen) atoms. The van der Waals surface area contributed by atoms with Crippen molar-refractivity contribution in [3.63, 3.8) is 0 Å². The van der Waals surface area contributed by atoms with Crippen LogP contribution in [-0.4, -0.2) is 69.7 Å². The van der Waals surface area contributed by atoms with Gasteiger partial charge >= 0.3 is 12.0 Å². The molecule has 9 heteroatoms. The summed E-state index contributed by atoms with van der Waals surface area (Å²) in [5.74, 6) is -1.12. The second-order valence-electron chi connectivity index (χ2n) is 5.15. The number of piperidine rings is 1. The molecule has 1 aliphatic heterocycles. The van der Waals surface area contributed by atoms with E-state index in [0.717, 1.165) is 25.9 Å². The summed E-state index contributed by atoms with van der Waals surface area (Å²) >= 11 is 0. The zero-order valence-electron chi connectivity index (χ0n) is 11.9. The molecule has 2 rings (SSSR count). The molecule has 9 nitrogen and oxygen atoms in total. The van der Waals surface area contributed by atoms with E-state index in [1.54, 1.807) is 0 Å². The fourth-order valence-corrected chi connectivity index (χ4v) is 2.18. The Morgan fingerprint density at radius 2 is 2.14 bits per heavy atom. The Kier molecular flexibility index (Phi) is 5.09. The zero-order chi connectivity index (χ0) is 15.2. The molecule has 0 spiro atoms. The van der Waals surface area contributed by atoms with E-state index in [4.69, 9.17) is 5.11 Å². The normalized spacial score (nSPS) is 16.6. The van der Waals surface area contributed by atoms with Crippen molar-refractivity contribution in [2.75, 3.05) is 26.7 Å². The number of aromatic nitrogens is 3. The number of hydrogen-bond acceptors (Lipinski definition) is 5. The number of likely N-dealkylation sites (tertiary alicyclic amines) is 1. The van der Waals surface area contributed by atoms with Gasteiger partial charge in [-0.2, -0.15) is 0 Å². The highest BCUT2D eigenvalue weighted by atomic mass is 16.4. The molecule has 0 saturated carbocycles. The summed E-state index contributed by atoms with van der Waals surface area (Å²) in [5.41, 5.74) is -0.106. The molecule has 1 aromatic rings. The van der Waals surface area contributed by atoms with Crippen molar-refractivity contribution in [3.05, 3.63) is 11.9 Å². The monoisotopic (exact) mass is 296 g/mol. The third-order valence-electron chi connectivity index (χ3n) is 3.44. The van der Waals surface area contributed by atoms with Crippen molar-refractivity contribution in [1.82, 2.24) is 30.5 Å². The summed E-state index contributed by atoms with van der Waals surface area (Å²) in [7, 11) is 2.07. The summed E-state index contributed by atoms with van der Waals surface area (Å²) in [5, 5.41) is 21.5. The minimum absolute atomic E-state index is 0.106. The molecular formula is C12H20N6O3. The van der Waals surface area contributed by atoms with Crippen LogP contribution in [0.3, 0.4) is 0 Å². The van der Waals surface area contributed by atoms with E-state index in [1.165, 1.54) is 10.9 Å². The summed E-state index contributed by atoms with van der Waals surface area (Å²) in [6, 6.07) is 0.00862. The third kappa shape index (κ3) is 4.71. The third-order valence-corrected chi connectivity index (χ3v) is 3.44. The Labute approximate surface area is 122 Å². The topological polar surface area (TPSA) is 112 Å². The van der Waals surface area contributed by atoms with Crippen molar-refractivity contribution in [1.29, 1.82) is 0 Å². The highest BCUT2D eigenvalue weighted by Crippen LogP contribution is 2.07. The lowest BCUT2D eigenvalue weighted by Crippen LogP contribution is -2.47. The number of nitrogens with zero attached hydrogens (tertiary/aromatic N) is 4. The minimum Gasteiger partial charge on any atom is -0.476 e. The van der Waals surface area contributed by atoms with Gasteiger partial charge in [-0.05, 0) is 33.0 Å². The van der Waals surface area contributed by atoms with Gasteiger partial charge in [-0.15, -0.1) is 5.10 Å². The van der Waals surface area contributed by atoms with Gasteiger partial charge in [0, 0.05) is 12.6 Å². The first-order valence-electron chi connectivity index (χ1n) is 6.91. The molecule has 1 saturated heterocycles. The van der Waals surface area contributed by atoms with Gasteiger partial charge in [0.1, 0.15) is 0 Å². The summed E-state index contributed by atoms with van der Waals surface area (Å²) in [6.45, 7) is 2.71. The second-order valence-corrected chi connectivity index (χ2v) is 5.15. The fraction of sp³-hybridized carbons (Fsp3) is 0.667. The van der Waals surface area contributed by atoms with Gasteiger partial charge in [0.25, 0.3) is 0 Å². The Bertz CT molecular complexity index is 495. The number of carbonyl (C=O) groups is 2. The van der Waals surface area contributed by atoms with Gasteiger partial charge in [-0.1, -0.05) is 5.21 Å². The molecule has 1 aliphatic rings. The maximum absolute atomic E-state index is 11.7. The molecule has 0 atom stereocenters. The molecule has 1 aromatic heterocycles. The van der Waals surface area contributed by atoms with Crippen LogP contribution in [0.5, 0.6) is 0 Å². The minimum atomic E-state index is -1.12. The standard InChI is InChI=1S/C12H20N6O3/c1-17-5-2-9(3-6-17)14-12(21)13-4-7-18-8-10(11(19)20)15-16-18/h8-9H,2-7H2,1H3,(H,19,20)(H2,13,14,21). The summed E-state index contributed by atoms with van der Waals surface area (Å²) in [6.07, 6.45) is 3.24. The van der Waals surface area contributed by atoms with Crippen LogP contribution in [0.1, 0.15) is 23.3 Å². The lowest BCUT2D eigenvalue weighted by atomic mass is 10.1. The maximum Gasteiger partial charge on any atom is 0.358 e. The highest BCUT2D eigenvalue weighted by molar-refractivity contribution is 5.84. The van der Waals surface area contributed by atoms with Crippen molar-refractivity contribution < 1.29 is 14.7 Å². The van der Waals surface area contributed by atoms with E-state index in [9.17, 15) is 9.59 Å². The van der Waals surface area contributed by atoms with Gasteiger partial charge in [0.05, 0.1) is 12.7 Å². The number of carboxylic acids is 1. The molecule has 3 N–H and O–H groups in total. The number of carbonyl (C=O) groups excluding carboxylic acids is 1. The molecule has 2 amide bonds. The van der Waals surface area contributed by atoms with Gasteiger partial charge in [-0.3, -0.25) is 0 Å². The first-order chi connectivity index (χ1) is 10.0. The highest BCUT2D eigenvalue weighted by Gasteiger charge is 2.18. The van der Waals surface area contributed by atoms with Crippen LogP contribution in [-0.2, 0) is 6.54 Å². The number of nitrogens with one attached hydrogen (secondary N) is 2. The largest absolute Gasteiger partial charge is 0.476 e. The number of carboxylic acid groups (broad SMARTS) is 1. The van der Waals surface area contributed by atoms with Crippen molar-refractivity contribution in [2.45, 2.75) is 25.4 Å². The molecule has 116 valence electrons. The van der Waals surface area contributed by atoms with Crippen LogP contribution in [0, 0.1) is 0 Å². The Hall–Kier alpha value is -2.16. The second kappa shape index (κ2) is 7.02. The molecule has 0 aliphatic carbocycles. The van der Waals surface area contributed by atoms with Crippen LogP contribution in [0.4, 0.5) is 4.79 Å². The summed E-state index contributed by atoms with van der Waals surface area (Å²) in [4.78, 5) is 24.6. The first-order valence-corrected chi connectivity index (χ1v) is 6.91. The number of rotatable bonds is 5. The average molecular weight is 296 g/mol. The van der Waals surface area contributed by atoms with Crippen molar-refractivity contribution in [3.8, 4) is 0 Å². The molecule has 1 fully saturated rings. The van der Waals surface area contributed by atoms with E-state index in [1.807, 2.05) is 0 Å². The number of urea groups is 1. The van der Waals surface area contributed by atoms with E-state index in [0.29, 0.717) is 13.1 Å². The molecule has 0 radical (unpaired) electrons. The van der Waals surface area contributed by atoms with E-state index < -0.39 is 5.97 Å². The molecule has 0 aromatic carbocycles. The lowest BCUT2D eigenvalue weighted by molar-refractivity contribution is 0.0690. The Morgan fingerprint density at radius 1 is 1.43 bits per heavy atom. The van der Waals surface area contributed by atoms with Gasteiger partial charge in [0.2, 0.25) is 0 Å². The SMILES string of the molecule is CN1CCC(NC(=O)NCCn2cc(C(=O)O)nn2)CC1. The summed E-state index contributed by atoms with van der Waals surface area (Å²) < 4.78 is 1.39. The van der Waals surface area contributed by atoms with E-state index in [-0.39, 0.29) is 17.8 Å². The number of aromatic carboxylic acids is 1. The predicted octanol–water partition coefficient (Wildman–Crippen LogP) is -0.630. The number of amides is 2. The number of hydrogen-bond donors (Lipinski definition) is 3. The Balaban J connectivity index is 1.65. The van der Waals surface area contributed by atoms with Crippen LogP contribution >= 0.6 is 0 Å². The average Bonchev–Trinajstić information content (AvgIpc) is 2.90. The van der Waals surface area contributed by atoms with E-state index >= 15 is 0 Å². The van der Waals surface area contributed by atoms with Crippen molar-refractivity contribution in [2.24, 2.45) is 0 Å². The van der Waals surface area contributed by atoms with Crippen LogP contribution < -0.4 is 10.6 Å². The zero-order valence-corrected chi connectivity index (χ0v) is 11.9. The van der Waals surface area contributed by atoms with Crippen LogP contribution in [0.2, 0.25) is 0 Å². The van der Waals surface area contributed by atoms with Gasteiger partial charge < -0.3 is 20.6 Å². The molecule has 0 unspecified atom stereocenters. The lowest BCUT2D eigenvalue weighted by Gasteiger charge is -2.29. The maximum atomic E-state index is 11.7. The van der Waals surface area contributed by atoms with Gasteiger partial charge in [0.15, 0.2) is 5.69 Å². The molecule has 0 bridgehead atoms. The predicted molar refractivity (Wildman–Crippen MR) is 74.0 cm³/mol. The first kappa shape index (κ1) is 15.2. The Morgan fingerprint density at radius 3 is 2.76 bits per heavy atom.